The molecule has 1 aromatic heterocycles. The minimum Gasteiger partial charge on any atom is -0.497 e. The van der Waals surface area contributed by atoms with Gasteiger partial charge in [0.2, 0.25) is 0 Å². The summed E-state index contributed by atoms with van der Waals surface area (Å²) < 4.78 is 15.8. The molecule has 0 amide bonds. The number of anilines is 1. The molecule has 130 valence electrons. The standard InChI is InChI=1S/C17H22N2O3S2/c1-20-13-6-7-15(16(11-13)21-2)19-17(23)18-8-4-10-24-12-14-5-3-9-22-14/h3,5-7,9,11H,4,8,10,12H2,1-2H3,(H2,18,19,23). The highest BCUT2D eigenvalue weighted by molar-refractivity contribution is 7.98. The van der Waals surface area contributed by atoms with Crippen molar-refractivity contribution in [2.24, 2.45) is 0 Å². The van der Waals surface area contributed by atoms with Gasteiger partial charge < -0.3 is 24.5 Å². The first-order chi connectivity index (χ1) is 11.7. The molecule has 0 saturated heterocycles. The minimum absolute atomic E-state index is 0.578. The van der Waals surface area contributed by atoms with Gasteiger partial charge in [0.1, 0.15) is 17.3 Å². The van der Waals surface area contributed by atoms with Crippen LogP contribution in [0.25, 0.3) is 0 Å². The third kappa shape index (κ3) is 5.98. The van der Waals surface area contributed by atoms with Crippen LogP contribution in [0.5, 0.6) is 11.5 Å². The Labute approximate surface area is 152 Å². The summed E-state index contributed by atoms with van der Waals surface area (Å²) in [6.07, 6.45) is 2.72. The van der Waals surface area contributed by atoms with Crippen LogP contribution in [-0.2, 0) is 5.75 Å². The van der Waals surface area contributed by atoms with Gasteiger partial charge in [-0.15, -0.1) is 0 Å². The molecule has 0 unspecified atom stereocenters. The number of benzene rings is 1. The van der Waals surface area contributed by atoms with E-state index in [9.17, 15) is 0 Å². The van der Waals surface area contributed by atoms with Crippen LogP contribution in [0, 0.1) is 0 Å². The van der Waals surface area contributed by atoms with Crippen molar-refractivity contribution in [3.8, 4) is 11.5 Å². The van der Waals surface area contributed by atoms with Gasteiger partial charge in [-0.2, -0.15) is 11.8 Å². The van der Waals surface area contributed by atoms with Crippen LogP contribution in [0.2, 0.25) is 0 Å². The molecule has 0 fully saturated rings. The molecule has 2 aromatic rings. The third-order valence-electron chi connectivity index (χ3n) is 3.23. The largest absolute Gasteiger partial charge is 0.497 e. The van der Waals surface area contributed by atoms with Gasteiger partial charge in [-0.05, 0) is 48.7 Å². The molecule has 2 N–H and O–H groups in total. The number of furan rings is 1. The number of thioether (sulfide) groups is 1. The van der Waals surface area contributed by atoms with Gasteiger partial charge in [0.15, 0.2) is 5.11 Å². The maximum atomic E-state index is 5.34. The van der Waals surface area contributed by atoms with E-state index >= 15 is 0 Å². The fraction of sp³-hybridized carbons (Fsp3) is 0.353. The maximum absolute atomic E-state index is 5.34. The molecular weight excluding hydrogens is 344 g/mol. The second kappa shape index (κ2) is 10.1. The van der Waals surface area contributed by atoms with Crippen molar-refractivity contribution in [3.05, 3.63) is 42.4 Å². The predicted molar refractivity (Wildman–Crippen MR) is 103 cm³/mol. The molecule has 1 heterocycles. The molecule has 0 radical (unpaired) electrons. The summed E-state index contributed by atoms with van der Waals surface area (Å²) in [5, 5.41) is 6.92. The number of ether oxygens (including phenoxy) is 2. The molecule has 0 bridgehead atoms. The topological polar surface area (TPSA) is 55.7 Å². The predicted octanol–water partition coefficient (Wildman–Crippen LogP) is 3.91. The van der Waals surface area contributed by atoms with Crippen LogP contribution < -0.4 is 20.1 Å². The Morgan fingerprint density at radius 1 is 1.25 bits per heavy atom. The van der Waals surface area contributed by atoms with E-state index in [0.717, 1.165) is 41.7 Å². The molecule has 24 heavy (non-hydrogen) atoms. The molecule has 5 nitrogen and oxygen atoms in total. The van der Waals surface area contributed by atoms with Crippen LogP contribution in [0.15, 0.2) is 41.0 Å². The highest BCUT2D eigenvalue weighted by atomic mass is 32.2. The lowest BCUT2D eigenvalue weighted by atomic mass is 10.2. The molecule has 0 spiro atoms. The molecule has 0 saturated carbocycles. The zero-order chi connectivity index (χ0) is 17.2. The van der Waals surface area contributed by atoms with E-state index in [1.807, 2.05) is 42.1 Å². The third-order valence-corrected chi connectivity index (χ3v) is 4.54. The van der Waals surface area contributed by atoms with Crippen molar-refractivity contribution in [1.29, 1.82) is 0 Å². The molecular formula is C17H22N2O3S2. The van der Waals surface area contributed by atoms with Crippen molar-refractivity contribution in [3.63, 3.8) is 0 Å². The Hall–Kier alpha value is -1.86. The Balaban J connectivity index is 1.66. The van der Waals surface area contributed by atoms with Gasteiger partial charge in [0, 0.05) is 12.6 Å². The molecule has 1 aromatic carbocycles. The first kappa shape index (κ1) is 18.5. The van der Waals surface area contributed by atoms with Gasteiger partial charge in [0.05, 0.1) is 31.9 Å². The number of methoxy groups -OCH3 is 2. The minimum atomic E-state index is 0.578. The molecule has 0 aliphatic rings. The second-order valence-corrected chi connectivity index (χ2v) is 6.45. The van der Waals surface area contributed by atoms with Gasteiger partial charge in [-0.3, -0.25) is 0 Å². The fourth-order valence-corrected chi connectivity index (χ4v) is 3.08. The molecule has 0 aliphatic heterocycles. The van der Waals surface area contributed by atoms with Crippen LogP contribution in [0.1, 0.15) is 12.2 Å². The number of hydrogen-bond donors (Lipinski definition) is 2. The van der Waals surface area contributed by atoms with Crippen molar-refractivity contribution in [2.75, 3.05) is 31.8 Å². The van der Waals surface area contributed by atoms with Crippen molar-refractivity contribution >= 4 is 34.8 Å². The smallest absolute Gasteiger partial charge is 0.170 e. The highest BCUT2D eigenvalue weighted by Gasteiger charge is 2.06. The van der Waals surface area contributed by atoms with Crippen molar-refractivity contribution < 1.29 is 13.9 Å². The molecule has 0 atom stereocenters. The van der Waals surface area contributed by atoms with Gasteiger partial charge in [-0.1, -0.05) is 0 Å². The van der Waals surface area contributed by atoms with E-state index in [1.54, 1.807) is 20.5 Å². The van der Waals surface area contributed by atoms with E-state index < -0.39 is 0 Å². The highest BCUT2D eigenvalue weighted by Crippen LogP contribution is 2.28. The van der Waals surface area contributed by atoms with E-state index in [0.29, 0.717) is 10.9 Å². The van der Waals surface area contributed by atoms with E-state index in [1.165, 1.54) is 0 Å². The van der Waals surface area contributed by atoms with Crippen LogP contribution in [0.4, 0.5) is 5.69 Å². The van der Waals surface area contributed by atoms with E-state index in [4.69, 9.17) is 26.1 Å². The number of thiocarbonyl (C=S) groups is 1. The summed E-state index contributed by atoms with van der Waals surface area (Å²) in [6, 6.07) is 9.46. The second-order valence-electron chi connectivity index (χ2n) is 4.93. The van der Waals surface area contributed by atoms with Crippen molar-refractivity contribution in [1.82, 2.24) is 5.32 Å². The van der Waals surface area contributed by atoms with E-state index in [2.05, 4.69) is 10.6 Å². The zero-order valence-electron chi connectivity index (χ0n) is 13.8. The lowest BCUT2D eigenvalue weighted by molar-refractivity contribution is 0.395. The summed E-state index contributed by atoms with van der Waals surface area (Å²) in [4.78, 5) is 0. The number of nitrogens with one attached hydrogen (secondary N) is 2. The molecule has 2 rings (SSSR count). The number of rotatable bonds is 9. The lowest BCUT2D eigenvalue weighted by Gasteiger charge is -2.14. The summed E-state index contributed by atoms with van der Waals surface area (Å²) in [5.74, 6) is 4.38. The molecule has 0 aliphatic carbocycles. The fourth-order valence-electron chi connectivity index (χ4n) is 2.01. The normalized spacial score (nSPS) is 10.2. The van der Waals surface area contributed by atoms with Gasteiger partial charge >= 0.3 is 0 Å². The monoisotopic (exact) mass is 366 g/mol. The average molecular weight is 367 g/mol. The van der Waals surface area contributed by atoms with Gasteiger partial charge in [0.25, 0.3) is 0 Å². The van der Waals surface area contributed by atoms with Crippen molar-refractivity contribution in [2.45, 2.75) is 12.2 Å². The quantitative estimate of drug-likeness (QED) is 0.515. The van der Waals surface area contributed by atoms with Crippen LogP contribution >= 0.6 is 24.0 Å². The van der Waals surface area contributed by atoms with Crippen LogP contribution in [0.3, 0.4) is 0 Å². The first-order valence-corrected chi connectivity index (χ1v) is 9.16. The first-order valence-electron chi connectivity index (χ1n) is 7.60. The summed E-state index contributed by atoms with van der Waals surface area (Å²) >= 11 is 7.16. The van der Waals surface area contributed by atoms with Crippen LogP contribution in [-0.4, -0.2) is 31.6 Å². The Morgan fingerprint density at radius 3 is 2.83 bits per heavy atom. The summed E-state index contributed by atoms with van der Waals surface area (Å²) in [6.45, 7) is 0.815. The average Bonchev–Trinajstić information content (AvgIpc) is 3.11. The molecule has 7 heteroatoms. The summed E-state index contributed by atoms with van der Waals surface area (Å²) in [7, 11) is 3.24. The maximum Gasteiger partial charge on any atom is 0.170 e. The summed E-state index contributed by atoms with van der Waals surface area (Å²) in [5.41, 5.74) is 0.808. The Kier molecular flexibility index (Phi) is 7.77. The zero-order valence-corrected chi connectivity index (χ0v) is 15.5. The number of hydrogen-bond acceptors (Lipinski definition) is 5. The Morgan fingerprint density at radius 2 is 2.12 bits per heavy atom. The van der Waals surface area contributed by atoms with Gasteiger partial charge in [-0.25, -0.2) is 0 Å². The Bertz CT molecular complexity index is 633. The lowest BCUT2D eigenvalue weighted by Crippen LogP contribution is -2.29. The SMILES string of the molecule is COc1ccc(NC(=S)NCCCSCc2ccco2)c(OC)c1. The van der Waals surface area contributed by atoms with E-state index in [-0.39, 0.29) is 0 Å².